The average Bonchev–Trinajstić information content (AvgIpc) is 3.10. The van der Waals surface area contributed by atoms with E-state index in [4.69, 9.17) is 10.5 Å². The van der Waals surface area contributed by atoms with Gasteiger partial charge in [0.05, 0.1) is 6.10 Å². The highest BCUT2D eigenvalue weighted by atomic mass is 16.5. The molecular weight excluding hydrogens is 252 g/mol. The van der Waals surface area contributed by atoms with E-state index in [1.165, 1.54) is 19.3 Å². The molecule has 2 N–H and O–H groups in total. The molecule has 3 rings (SSSR count). The lowest BCUT2D eigenvalue weighted by atomic mass is 9.87. The lowest BCUT2D eigenvalue weighted by Gasteiger charge is -2.35. The number of nitrogens with two attached hydrogens (primary N) is 1. The maximum Gasteiger partial charge on any atom is 0.225 e. The molecule has 0 aromatic carbocycles. The Kier molecular flexibility index (Phi) is 4.61. The van der Waals surface area contributed by atoms with Crippen LogP contribution in [-0.2, 0) is 9.53 Å². The predicted octanol–water partition coefficient (Wildman–Crippen LogP) is 1.78. The summed E-state index contributed by atoms with van der Waals surface area (Å²) in [6, 6.07) is 0. The fourth-order valence-corrected chi connectivity index (χ4v) is 4.36. The number of nitrogens with zero attached hydrogens (tertiary/aromatic N) is 1. The van der Waals surface area contributed by atoms with Crippen molar-refractivity contribution in [3.05, 3.63) is 0 Å². The normalized spacial score (nSPS) is 33.9. The molecule has 0 spiro atoms. The molecule has 4 heteroatoms. The van der Waals surface area contributed by atoms with Crippen molar-refractivity contribution in [3.8, 4) is 0 Å². The first kappa shape index (κ1) is 14.3. The number of hydrogen-bond donors (Lipinski definition) is 1. The van der Waals surface area contributed by atoms with Gasteiger partial charge in [-0.2, -0.15) is 0 Å². The summed E-state index contributed by atoms with van der Waals surface area (Å²) in [6.07, 6.45) is 8.40. The number of amides is 1. The van der Waals surface area contributed by atoms with E-state index < -0.39 is 0 Å². The molecule has 0 radical (unpaired) electrons. The number of carbonyl (C=O) groups is 1. The number of carbonyl (C=O) groups excluding carboxylic acids is 1. The highest BCUT2D eigenvalue weighted by Crippen LogP contribution is 2.49. The molecule has 4 nitrogen and oxygen atoms in total. The summed E-state index contributed by atoms with van der Waals surface area (Å²) in [6.45, 7) is 3.24. The average molecular weight is 280 g/mol. The smallest absolute Gasteiger partial charge is 0.225 e. The van der Waals surface area contributed by atoms with E-state index in [0.29, 0.717) is 30.4 Å². The molecule has 1 aliphatic heterocycles. The number of piperidine rings is 1. The fourth-order valence-electron chi connectivity index (χ4n) is 4.36. The van der Waals surface area contributed by atoms with Gasteiger partial charge >= 0.3 is 0 Å². The molecule has 114 valence electrons. The fraction of sp³-hybridized carbons (Fsp3) is 0.938. The maximum absolute atomic E-state index is 12.6. The number of hydrogen-bond acceptors (Lipinski definition) is 3. The van der Waals surface area contributed by atoms with Crippen molar-refractivity contribution in [1.29, 1.82) is 0 Å². The van der Waals surface area contributed by atoms with E-state index in [-0.39, 0.29) is 0 Å². The van der Waals surface area contributed by atoms with Gasteiger partial charge in [-0.25, -0.2) is 0 Å². The minimum atomic E-state index is 0.339. The van der Waals surface area contributed by atoms with Gasteiger partial charge < -0.3 is 15.4 Å². The van der Waals surface area contributed by atoms with Crippen LogP contribution < -0.4 is 5.73 Å². The third-order valence-electron chi connectivity index (χ3n) is 5.51. The summed E-state index contributed by atoms with van der Waals surface area (Å²) >= 11 is 0. The number of likely N-dealkylation sites (tertiary alicyclic amines) is 1. The zero-order chi connectivity index (χ0) is 13.9. The van der Waals surface area contributed by atoms with E-state index in [2.05, 4.69) is 4.90 Å². The monoisotopic (exact) mass is 280 g/mol. The van der Waals surface area contributed by atoms with Crippen molar-refractivity contribution in [3.63, 3.8) is 0 Å². The Labute approximate surface area is 122 Å². The third-order valence-corrected chi connectivity index (χ3v) is 5.51. The van der Waals surface area contributed by atoms with Crippen LogP contribution in [0.2, 0.25) is 0 Å². The minimum Gasteiger partial charge on any atom is -0.378 e. The van der Waals surface area contributed by atoms with Crippen LogP contribution in [0.1, 0.15) is 44.9 Å². The Morgan fingerprint density at radius 1 is 1.15 bits per heavy atom. The molecule has 1 amide bonds. The van der Waals surface area contributed by atoms with E-state index in [1.807, 2.05) is 0 Å². The summed E-state index contributed by atoms with van der Waals surface area (Å²) in [4.78, 5) is 14.7. The zero-order valence-electron chi connectivity index (χ0n) is 12.4. The predicted molar refractivity (Wildman–Crippen MR) is 78.2 cm³/mol. The molecule has 20 heavy (non-hydrogen) atoms. The highest BCUT2D eigenvalue weighted by Gasteiger charge is 2.44. The topological polar surface area (TPSA) is 55.6 Å². The number of fused-ring (bicyclic) bond motifs is 2. The first-order valence-electron chi connectivity index (χ1n) is 8.38. The van der Waals surface area contributed by atoms with Crippen LogP contribution in [0.25, 0.3) is 0 Å². The van der Waals surface area contributed by atoms with Gasteiger partial charge in [0.2, 0.25) is 5.91 Å². The second-order valence-corrected chi connectivity index (χ2v) is 6.82. The van der Waals surface area contributed by atoms with Gasteiger partial charge in [0.25, 0.3) is 0 Å². The second kappa shape index (κ2) is 6.44. The van der Waals surface area contributed by atoms with Gasteiger partial charge in [-0.05, 0) is 56.9 Å². The Morgan fingerprint density at radius 2 is 1.95 bits per heavy atom. The van der Waals surface area contributed by atoms with Crippen molar-refractivity contribution in [2.24, 2.45) is 23.5 Å². The molecule has 0 aromatic rings. The van der Waals surface area contributed by atoms with Crippen LogP contribution in [0.5, 0.6) is 0 Å². The molecule has 0 aromatic heterocycles. The summed E-state index contributed by atoms with van der Waals surface area (Å²) < 4.78 is 5.81. The van der Waals surface area contributed by atoms with Crippen LogP contribution in [0.15, 0.2) is 0 Å². The minimum absolute atomic E-state index is 0.339. The molecule has 3 fully saturated rings. The Hall–Kier alpha value is -0.610. The molecule has 2 saturated carbocycles. The third kappa shape index (κ3) is 3.01. The second-order valence-electron chi connectivity index (χ2n) is 6.82. The lowest BCUT2D eigenvalue weighted by Crippen LogP contribution is -2.44. The van der Waals surface area contributed by atoms with Gasteiger partial charge in [-0.3, -0.25) is 4.79 Å². The quantitative estimate of drug-likeness (QED) is 0.781. The van der Waals surface area contributed by atoms with Crippen LogP contribution in [0.3, 0.4) is 0 Å². The van der Waals surface area contributed by atoms with Crippen molar-refractivity contribution < 1.29 is 9.53 Å². The van der Waals surface area contributed by atoms with Gasteiger partial charge in [0, 0.05) is 25.6 Å². The summed E-state index contributed by atoms with van der Waals surface area (Å²) in [7, 11) is 0. The van der Waals surface area contributed by atoms with Crippen LogP contribution in [0, 0.1) is 17.8 Å². The molecule has 3 atom stereocenters. The molecular formula is C16H28N2O2. The van der Waals surface area contributed by atoms with Gasteiger partial charge in [0.1, 0.15) is 0 Å². The zero-order valence-corrected chi connectivity index (χ0v) is 12.4. The van der Waals surface area contributed by atoms with Crippen LogP contribution in [0.4, 0.5) is 0 Å². The van der Waals surface area contributed by atoms with Crippen molar-refractivity contribution in [1.82, 2.24) is 4.90 Å². The number of rotatable bonds is 5. The van der Waals surface area contributed by atoms with Gasteiger partial charge in [0.15, 0.2) is 0 Å². The SMILES string of the molecule is NCCCOC1CCN(C(=O)C2CC3CCC2C3)CC1. The van der Waals surface area contributed by atoms with E-state index in [0.717, 1.165) is 51.3 Å². The Bertz CT molecular complexity index is 339. The maximum atomic E-state index is 12.6. The van der Waals surface area contributed by atoms with Crippen molar-refractivity contribution in [2.75, 3.05) is 26.2 Å². The van der Waals surface area contributed by atoms with Gasteiger partial charge in [-0.15, -0.1) is 0 Å². The molecule has 1 heterocycles. The molecule has 3 aliphatic rings. The Morgan fingerprint density at radius 3 is 2.55 bits per heavy atom. The largest absolute Gasteiger partial charge is 0.378 e. The molecule has 2 aliphatic carbocycles. The molecule has 3 unspecified atom stereocenters. The summed E-state index contributed by atoms with van der Waals surface area (Å²) in [5.41, 5.74) is 5.47. The Balaban J connectivity index is 1.42. The standard InChI is InChI=1S/C16H28N2O2/c17-6-1-9-20-14-4-7-18(8-5-14)16(19)15-11-12-2-3-13(15)10-12/h12-15H,1-11,17H2. The van der Waals surface area contributed by atoms with Crippen LogP contribution in [-0.4, -0.2) is 43.2 Å². The lowest BCUT2D eigenvalue weighted by molar-refractivity contribution is -0.139. The van der Waals surface area contributed by atoms with Crippen molar-refractivity contribution in [2.45, 2.75) is 51.0 Å². The van der Waals surface area contributed by atoms with Crippen LogP contribution >= 0.6 is 0 Å². The molecule has 1 saturated heterocycles. The van der Waals surface area contributed by atoms with Gasteiger partial charge in [-0.1, -0.05) is 6.42 Å². The highest BCUT2D eigenvalue weighted by molar-refractivity contribution is 5.79. The summed E-state index contributed by atoms with van der Waals surface area (Å²) in [5, 5.41) is 0. The van der Waals surface area contributed by atoms with E-state index >= 15 is 0 Å². The van der Waals surface area contributed by atoms with Crippen molar-refractivity contribution >= 4 is 5.91 Å². The van der Waals surface area contributed by atoms with E-state index in [9.17, 15) is 4.79 Å². The first-order chi connectivity index (χ1) is 9.78. The first-order valence-corrected chi connectivity index (χ1v) is 8.38. The molecule has 2 bridgehead atoms. The number of ether oxygens (including phenoxy) is 1. The van der Waals surface area contributed by atoms with E-state index in [1.54, 1.807) is 0 Å². The summed E-state index contributed by atoms with van der Waals surface area (Å²) in [5.74, 6) is 2.35.